The Kier molecular flexibility index (Phi) is 5.20. The summed E-state index contributed by atoms with van der Waals surface area (Å²) in [4.78, 5) is 20.5. The van der Waals surface area contributed by atoms with E-state index < -0.39 is 12.0 Å². The predicted octanol–water partition coefficient (Wildman–Crippen LogP) is 3.12. The first-order chi connectivity index (χ1) is 11.7. The number of anilines is 1. The van der Waals surface area contributed by atoms with Gasteiger partial charge in [0, 0.05) is 12.4 Å². The molecule has 126 valence electrons. The summed E-state index contributed by atoms with van der Waals surface area (Å²) < 4.78 is 10.8. The molecule has 1 saturated carbocycles. The first kappa shape index (κ1) is 16.2. The van der Waals surface area contributed by atoms with Crippen molar-refractivity contribution >= 4 is 17.6 Å². The van der Waals surface area contributed by atoms with Gasteiger partial charge in [0.25, 0.3) is 0 Å². The Bertz CT molecular complexity index is 666. The average Bonchev–Trinajstić information content (AvgIpc) is 3.15. The zero-order valence-electron chi connectivity index (χ0n) is 13.3. The Morgan fingerprint density at radius 1 is 1.25 bits per heavy atom. The number of rotatable bonds is 6. The van der Waals surface area contributed by atoms with Crippen LogP contribution in [0.25, 0.3) is 0 Å². The number of nitrogens with one attached hydrogen (secondary N) is 2. The standard InChI is InChI=1S/C17H20N4O3/c18-14(16(22)24-12-6-2-1-3-7-12)15(13-8-4-11-23-13)21-17-19-9-5-10-20-17/h4-5,8-12,15,18H,1-3,6-7H2,(H,19,20,21). The maximum atomic E-state index is 12.4. The van der Waals surface area contributed by atoms with Gasteiger partial charge in [-0.05, 0) is 43.9 Å². The molecule has 1 unspecified atom stereocenters. The van der Waals surface area contributed by atoms with Gasteiger partial charge in [0.1, 0.15) is 23.6 Å². The molecule has 2 aromatic heterocycles. The highest BCUT2D eigenvalue weighted by Crippen LogP contribution is 2.23. The van der Waals surface area contributed by atoms with Crippen molar-refractivity contribution < 1.29 is 13.9 Å². The summed E-state index contributed by atoms with van der Waals surface area (Å²) in [7, 11) is 0. The van der Waals surface area contributed by atoms with E-state index in [0.29, 0.717) is 11.7 Å². The fourth-order valence-corrected chi connectivity index (χ4v) is 2.76. The largest absolute Gasteiger partial charge is 0.467 e. The molecule has 7 heteroatoms. The third-order valence-electron chi connectivity index (χ3n) is 4.00. The lowest BCUT2D eigenvalue weighted by molar-refractivity contribution is -0.142. The summed E-state index contributed by atoms with van der Waals surface area (Å²) in [5.74, 6) is 0.119. The van der Waals surface area contributed by atoms with Gasteiger partial charge in [-0.2, -0.15) is 0 Å². The van der Waals surface area contributed by atoms with Crippen LogP contribution in [-0.4, -0.2) is 27.8 Å². The molecule has 24 heavy (non-hydrogen) atoms. The third-order valence-corrected chi connectivity index (χ3v) is 4.00. The molecule has 1 fully saturated rings. The van der Waals surface area contributed by atoms with Crippen molar-refractivity contribution in [2.45, 2.75) is 44.2 Å². The van der Waals surface area contributed by atoms with Crippen molar-refractivity contribution in [3.05, 3.63) is 42.6 Å². The molecule has 0 aliphatic heterocycles. The molecule has 0 spiro atoms. The van der Waals surface area contributed by atoms with Crippen LogP contribution in [0, 0.1) is 5.41 Å². The predicted molar refractivity (Wildman–Crippen MR) is 87.8 cm³/mol. The Balaban J connectivity index is 1.72. The van der Waals surface area contributed by atoms with E-state index in [0.717, 1.165) is 25.7 Å². The summed E-state index contributed by atoms with van der Waals surface area (Å²) in [6, 6.07) is 4.30. The van der Waals surface area contributed by atoms with E-state index in [1.165, 1.54) is 12.7 Å². The number of hydrogen-bond donors (Lipinski definition) is 2. The smallest absolute Gasteiger partial charge is 0.354 e. The number of esters is 1. The second-order valence-electron chi connectivity index (χ2n) is 5.74. The van der Waals surface area contributed by atoms with E-state index >= 15 is 0 Å². The first-order valence-electron chi connectivity index (χ1n) is 8.10. The molecular weight excluding hydrogens is 308 g/mol. The van der Waals surface area contributed by atoms with Crippen LogP contribution in [-0.2, 0) is 9.53 Å². The van der Waals surface area contributed by atoms with Crippen molar-refractivity contribution in [3.8, 4) is 0 Å². The molecule has 2 heterocycles. The number of hydrogen-bond acceptors (Lipinski definition) is 7. The molecule has 0 amide bonds. The van der Waals surface area contributed by atoms with Gasteiger partial charge in [0.15, 0.2) is 0 Å². The molecule has 0 radical (unpaired) electrons. The Hall–Kier alpha value is -2.70. The zero-order chi connectivity index (χ0) is 16.8. The molecule has 0 saturated heterocycles. The normalized spacial score (nSPS) is 16.3. The topological polar surface area (TPSA) is 101 Å². The second-order valence-corrected chi connectivity index (χ2v) is 5.74. The van der Waals surface area contributed by atoms with Crippen LogP contribution in [0.1, 0.15) is 43.9 Å². The van der Waals surface area contributed by atoms with Crippen molar-refractivity contribution in [2.24, 2.45) is 0 Å². The lowest BCUT2D eigenvalue weighted by Crippen LogP contribution is -2.32. The maximum Gasteiger partial charge on any atom is 0.354 e. The average molecular weight is 328 g/mol. The highest BCUT2D eigenvalue weighted by atomic mass is 16.5. The summed E-state index contributed by atoms with van der Waals surface area (Å²) in [6.45, 7) is 0. The Morgan fingerprint density at radius 3 is 2.67 bits per heavy atom. The first-order valence-corrected chi connectivity index (χ1v) is 8.10. The number of nitrogens with zero attached hydrogens (tertiary/aromatic N) is 2. The van der Waals surface area contributed by atoms with E-state index in [-0.39, 0.29) is 11.8 Å². The number of furan rings is 1. The lowest BCUT2D eigenvalue weighted by Gasteiger charge is -2.23. The van der Waals surface area contributed by atoms with Crippen molar-refractivity contribution in [1.82, 2.24) is 9.97 Å². The zero-order valence-corrected chi connectivity index (χ0v) is 13.3. The summed E-state index contributed by atoms with van der Waals surface area (Å²) in [5.41, 5.74) is -0.219. The molecule has 1 aliphatic rings. The van der Waals surface area contributed by atoms with Crippen molar-refractivity contribution in [2.75, 3.05) is 5.32 Å². The fraction of sp³-hybridized carbons (Fsp3) is 0.412. The number of carbonyl (C=O) groups is 1. The van der Waals surface area contributed by atoms with Gasteiger partial charge in [-0.25, -0.2) is 14.8 Å². The Labute approximate surface area is 140 Å². The minimum Gasteiger partial charge on any atom is -0.467 e. The minimum atomic E-state index is -0.793. The monoisotopic (exact) mass is 328 g/mol. The quantitative estimate of drug-likeness (QED) is 0.624. The lowest BCUT2D eigenvalue weighted by atomic mass is 9.98. The van der Waals surface area contributed by atoms with E-state index in [2.05, 4.69) is 15.3 Å². The summed E-state index contributed by atoms with van der Waals surface area (Å²) >= 11 is 0. The summed E-state index contributed by atoms with van der Waals surface area (Å²) in [5, 5.41) is 11.2. The summed E-state index contributed by atoms with van der Waals surface area (Å²) in [6.07, 6.45) is 9.57. The van der Waals surface area contributed by atoms with Gasteiger partial charge in [0.2, 0.25) is 5.95 Å². The molecule has 1 aliphatic carbocycles. The number of aromatic nitrogens is 2. The van der Waals surface area contributed by atoms with Gasteiger partial charge in [0.05, 0.1) is 6.26 Å². The van der Waals surface area contributed by atoms with E-state index in [1.54, 1.807) is 30.6 Å². The second kappa shape index (κ2) is 7.72. The highest BCUT2D eigenvalue weighted by Gasteiger charge is 2.29. The number of ether oxygens (including phenoxy) is 1. The highest BCUT2D eigenvalue weighted by molar-refractivity contribution is 6.37. The van der Waals surface area contributed by atoms with Crippen LogP contribution in [0.4, 0.5) is 5.95 Å². The van der Waals surface area contributed by atoms with Gasteiger partial charge < -0.3 is 14.5 Å². The van der Waals surface area contributed by atoms with Crippen molar-refractivity contribution in [1.29, 1.82) is 5.41 Å². The van der Waals surface area contributed by atoms with E-state index in [4.69, 9.17) is 14.6 Å². The van der Waals surface area contributed by atoms with Crippen LogP contribution in [0.2, 0.25) is 0 Å². The molecule has 0 bridgehead atoms. The van der Waals surface area contributed by atoms with Crippen LogP contribution in [0.5, 0.6) is 0 Å². The SMILES string of the molecule is N=C(C(=O)OC1CCCCC1)C(Nc1ncccn1)c1ccco1. The molecular formula is C17H20N4O3. The molecule has 2 N–H and O–H groups in total. The molecule has 1 atom stereocenters. The maximum absolute atomic E-state index is 12.4. The van der Waals surface area contributed by atoms with Crippen LogP contribution >= 0.6 is 0 Å². The molecule has 0 aromatic carbocycles. The minimum absolute atomic E-state index is 0.100. The van der Waals surface area contributed by atoms with E-state index in [9.17, 15) is 4.79 Å². The van der Waals surface area contributed by atoms with Crippen LogP contribution in [0.3, 0.4) is 0 Å². The van der Waals surface area contributed by atoms with Crippen LogP contribution in [0.15, 0.2) is 41.3 Å². The van der Waals surface area contributed by atoms with Gasteiger partial charge in [-0.1, -0.05) is 6.42 Å². The van der Waals surface area contributed by atoms with Gasteiger partial charge in [-0.15, -0.1) is 0 Å². The Morgan fingerprint density at radius 2 is 2.00 bits per heavy atom. The molecule has 2 aromatic rings. The van der Waals surface area contributed by atoms with Gasteiger partial charge >= 0.3 is 5.97 Å². The number of carbonyl (C=O) groups excluding carboxylic acids is 1. The van der Waals surface area contributed by atoms with Gasteiger partial charge in [-0.3, -0.25) is 5.41 Å². The van der Waals surface area contributed by atoms with E-state index in [1.807, 2.05) is 0 Å². The van der Waals surface area contributed by atoms with Crippen LogP contribution < -0.4 is 5.32 Å². The fourth-order valence-electron chi connectivity index (χ4n) is 2.76. The molecule has 3 rings (SSSR count). The van der Waals surface area contributed by atoms with Crippen molar-refractivity contribution in [3.63, 3.8) is 0 Å². The molecule has 7 nitrogen and oxygen atoms in total. The third kappa shape index (κ3) is 3.98.